The number of Topliss-reactive ketones (excluding diaryl/α,β-unsaturated/α-hetero) is 2. The predicted octanol–water partition coefficient (Wildman–Crippen LogP) is 14.6. The maximum Gasteiger partial charge on any atom is 0.186 e. The molecule has 2 aliphatic rings. The van der Waals surface area contributed by atoms with E-state index in [0.717, 1.165) is 58.0 Å². The van der Waals surface area contributed by atoms with Crippen LogP contribution in [0.15, 0.2) is 134 Å². The molecule has 268 valence electrons. The standard InChI is InChI=1S/C42H47Br3N4O2/c1-39(2,3)28-15-24(16-29(37(28)50)40(4,5)6)22-46-48-35-14-13-26(19-33(35)44)27-20-34(45)36(21-32(27)43)49-47-23-25-17-30(41(7,8)9)38(51)31(18-25)42(10,11)12/h13-23H,1-12H3. The van der Waals surface area contributed by atoms with Gasteiger partial charge in [0.15, 0.2) is 11.6 Å². The summed E-state index contributed by atoms with van der Waals surface area (Å²) in [5.41, 5.74) is 6.81. The first-order chi connectivity index (χ1) is 23.4. The number of nitrogens with zero attached hydrogens (tertiary/aromatic N) is 4. The van der Waals surface area contributed by atoms with Gasteiger partial charge in [-0.15, -0.1) is 10.2 Å². The van der Waals surface area contributed by atoms with E-state index in [1.165, 1.54) is 0 Å². The third-order valence-corrected chi connectivity index (χ3v) is 10.4. The minimum atomic E-state index is -0.296. The Morgan fingerprint density at radius 2 is 0.863 bits per heavy atom. The molecule has 2 aromatic carbocycles. The molecular formula is C42H47Br3N4O2. The monoisotopic (exact) mass is 876 g/mol. The number of ketones is 2. The molecule has 0 unspecified atom stereocenters. The highest BCUT2D eigenvalue weighted by Crippen LogP contribution is 2.42. The van der Waals surface area contributed by atoms with Gasteiger partial charge in [-0.3, -0.25) is 9.59 Å². The van der Waals surface area contributed by atoms with Crippen molar-refractivity contribution in [3.8, 4) is 11.1 Å². The summed E-state index contributed by atoms with van der Waals surface area (Å²) < 4.78 is 2.41. The number of hydrogen-bond donors (Lipinski definition) is 0. The van der Waals surface area contributed by atoms with Crippen molar-refractivity contribution in [3.05, 3.63) is 114 Å². The second-order valence-corrected chi connectivity index (χ2v) is 19.6. The van der Waals surface area contributed by atoms with Crippen molar-refractivity contribution < 1.29 is 9.59 Å². The number of benzene rings is 2. The van der Waals surface area contributed by atoms with Crippen molar-refractivity contribution in [1.82, 2.24) is 0 Å². The van der Waals surface area contributed by atoms with E-state index in [0.29, 0.717) is 11.4 Å². The summed E-state index contributed by atoms with van der Waals surface area (Å²) >= 11 is 11.1. The zero-order valence-corrected chi connectivity index (χ0v) is 36.3. The van der Waals surface area contributed by atoms with E-state index < -0.39 is 0 Å². The van der Waals surface area contributed by atoms with Gasteiger partial charge in [0.1, 0.15) is 5.69 Å². The number of allylic oxidation sites excluding steroid dienone is 10. The molecule has 2 aliphatic carbocycles. The maximum absolute atomic E-state index is 13.3. The molecule has 0 amide bonds. The van der Waals surface area contributed by atoms with Crippen molar-refractivity contribution in [2.24, 2.45) is 42.1 Å². The fourth-order valence-electron chi connectivity index (χ4n) is 5.59. The quantitative estimate of drug-likeness (QED) is 0.280. The summed E-state index contributed by atoms with van der Waals surface area (Å²) in [5, 5.41) is 17.8. The number of carbonyl (C=O) groups is 2. The number of hydrogen-bond acceptors (Lipinski definition) is 6. The summed E-state index contributed by atoms with van der Waals surface area (Å²) in [6.45, 7) is 24.6. The van der Waals surface area contributed by atoms with Crippen molar-refractivity contribution >= 4 is 70.7 Å². The molecule has 0 aromatic heterocycles. The van der Waals surface area contributed by atoms with Gasteiger partial charge in [0.25, 0.3) is 0 Å². The molecule has 0 heterocycles. The summed E-state index contributed by atoms with van der Waals surface area (Å²) in [6.07, 6.45) is 11.1. The lowest BCUT2D eigenvalue weighted by Gasteiger charge is -2.31. The molecule has 0 bridgehead atoms. The van der Waals surface area contributed by atoms with Gasteiger partial charge >= 0.3 is 0 Å². The zero-order chi connectivity index (χ0) is 38.3. The van der Waals surface area contributed by atoms with Crippen LogP contribution in [-0.2, 0) is 9.59 Å². The van der Waals surface area contributed by atoms with Crippen molar-refractivity contribution in [2.45, 2.75) is 83.1 Å². The van der Waals surface area contributed by atoms with Crippen molar-refractivity contribution in [3.63, 3.8) is 0 Å². The molecule has 0 fully saturated rings. The Bertz CT molecular complexity index is 1960. The van der Waals surface area contributed by atoms with Gasteiger partial charge in [0, 0.05) is 35.7 Å². The Balaban J connectivity index is 1.59. The van der Waals surface area contributed by atoms with Crippen LogP contribution in [0.2, 0.25) is 0 Å². The fourth-order valence-corrected chi connectivity index (χ4v) is 7.03. The third-order valence-electron chi connectivity index (χ3n) is 8.49. The van der Waals surface area contributed by atoms with E-state index in [-0.39, 0.29) is 33.2 Å². The Kier molecular flexibility index (Phi) is 12.0. The van der Waals surface area contributed by atoms with Crippen LogP contribution in [-0.4, -0.2) is 11.6 Å². The number of halogens is 3. The SMILES string of the molecule is CC(C)(C)C1=CC(=CN=Nc2ccc(-c3cc(Br)c(N=NC=C4C=C(C(C)(C)C)C(=O)C(C(C)(C)C)=C4)cc3Br)cc2Br)C=C(C(C)(C)C)C1=O. The van der Waals surface area contributed by atoms with Crippen LogP contribution in [0.3, 0.4) is 0 Å². The van der Waals surface area contributed by atoms with E-state index in [1.54, 1.807) is 12.4 Å². The van der Waals surface area contributed by atoms with Crippen LogP contribution in [0.25, 0.3) is 11.1 Å². The molecule has 0 N–H and O–H groups in total. The number of carbonyl (C=O) groups excluding carboxylic acids is 2. The number of rotatable bonds is 5. The van der Waals surface area contributed by atoms with E-state index in [9.17, 15) is 9.59 Å². The second-order valence-electron chi connectivity index (χ2n) is 17.0. The lowest BCUT2D eigenvalue weighted by molar-refractivity contribution is -0.114. The lowest BCUT2D eigenvalue weighted by Crippen LogP contribution is -2.27. The first-order valence-corrected chi connectivity index (χ1v) is 19.2. The fraction of sp³-hybridized carbons (Fsp3) is 0.381. The highest BCUT2D eigenvalue weighted by molar-refractivity contribution is 9.11. The first-order valence-electron chi connectivity index (χ1n) is 16.9. The molecule has 0 aliphatic heterocycles. The van der Waals surface area contributed by atoms with Gasteiger partial charge in [-0.1, -0.05) is 105 Å². The van der Waals surface area contributed by atoms with Crippen LogP contribution in [0.4, 0.5) is 11.4 Å². The molecular weight excluding hydrogens is 832 g/mol. The average molecular weight is 880 g/mol. The minimum Gasteiger partial charge on any atom is -0.289 e. The molecule has 0 spiro atoms. The van der Waals surface area contributed by atoms with Gasteiger partial charge in [-0.05, 0) is 124 Å². The summed E-state index contributed by atoms with van der Waals surface area (Å²) in [4.78, 5) is 26.5. The summed E-state index contributed by atoms with van der Waals surface area (Å²) in [6, 6.07) is 9.81. The Hall–Kier alpha value is -3.14. The normalized spacial score (nSPS) is 16.5. The van der Waals surface area contributed by atoms with E-state index in [4.69, 9.17) is 0 Å². The van der Waals surface area contributed by atoms with Gasteiger partial charge in [-0.25, -0.2) is 0 Å². The topological polar surface area (TPSA) is 83.6 Å². The molecule has 9 heteroatoms. The summed E-state index contributed by atoms with van der Waals surface area (Å²) in [7, 11) is 0. The minimum absolute atomic E-state index is 0.0869. The Labute approximate surface area is 328 Å². The van der Waals surface area contributed by atoms with Gasteiger partial charge in [-0.2, -0.15) is 10.2 Å². The highest BCUT2D eigenvalue weighted by Gasteiger charge is 2.35. The number of azo groups is 2. The third kappa shape index (κ3) is 9.85. The average Bonchev–Trinajstić information content (AvgIpc) is 2.98. The molecule has 0 saturated carbocycles. The van der Waals surface area contributed by atoms with Crippen molar-refractivity contribution in [1.29, 1.82) is 0 Å². The molecule has 51 heavy (non-hydrogen) atoms. The second kappa shape index (κ2) is 15.1. The van der Waals surface area contributed by atoms with Gasteiger partial charge < -0.3 is 0 Å². The maximum atomic E-state index is 13.3. The van der Waals surface area contributed by atoms with Crippen molar-refractivity contribution in [2.75, 3.05) is 0 Å². The molecule has 2 aromatic rings. The van der Waals surface area contributed by atoms with E-state index in [2.05, 4.69) is 151 Å². The van der Waals surface area contributed by atoms with Crippen LogP contribution < -0.4 is 0 Å². The highest BCUT2D eigenvalue weighted by atomic mass is 79.9. The van der Waals surface area contributed by atoms with Crippen LogP contribution in [0.1, 0.15) is 83.1 Å². The molecule has 0 radical (unpaired) electrons. The predicted molar refractivity (Wildman–Crippen MR) is 220 cm³/mol. The molecule has 6 nitrogen and oxygen atoms in total. The first kappa shape index (κ1) is 40.6. The van der Waals surface area contributed by atoms with E-state index >= 15 is 0 Å². The zero-order valence-electron chi connectivity index (χ0n) is 31.6. The smallest absolute Gasteiger partial charge is 0.186 e. The van der Waals surface area contributed by atoms with E-state index in [1.807, 2.05) is 54.6 Å². The largest absolute Gasteiger partial charge is 0.289 e. The lowest BCUT2D eigenvalue weighted by atomic mass is 9.72. The van der Waals surface area contributed by atoms with Gasteiger partial charge in [0.05, 0.1) is 18.1 Å². The van der Waals surface area contributed by atoms with Crippen LogP contribution in [0, 0.1) is 21.7 Å². The van der Waals surface area contributed by atoms with Crippen LogP contribution >= 0.6 is 47.8 Å². The Morgan fingerprint density at radius 1 is 0.490 bits per heavy atom. The molecule has 4 rings (SSSR count). The Morgan fingerprint density at radius 3 is 1.24 bits per heavy atom. The van der Waals surface area contributed by atoms with Gasteiger partial charge in [0.2, 0.25) is 0 Å². The molecule has 0 saturated heterocycles. The molecule has 0 atom stereocenters. The van der Waals surface area contributed by atoms with Crippen LogP contribution in [0.5, 0.6) is 0 Å². The summed E-state index contributed by atoms with van der Waals surface area (Å²) in [5.74, 6) is 0.176.